The van der Waals surface area contributed by atoms with Gasteiger partial charge in [-0.25, -0.2) is 0 Å². The maximum absolute atomic E-state index is 3.85. The van der Waals surface area contributed by atoms with Gasteiger partial charge in [0.25, 0.3) is 0 Å². The molecule has 1 N–H and O–H groups in total. The number of hydrogen-bond donors (Lipinski definition) is 1. The number of fused-ring (bicyclic) bond motifs is 1. The molecular weight excluding hydrogens is 116 g/mol. The Balaban J connectivity index is 2.39. The zero-order valence-corrected chi connectivity index (χ0v) is 4.96. The van der Waals surface area contributed by atoms with E-state index in [9.17, 15) is 0 Å². The van der Waals surface area contributed by atoms with Crippen LogP contribution < -0.4 is 5.32 Å². The van der Waals surface area contributed by atoms with E-state index in [-0.39, 0.29) is 0 Å². The molecule has 0 fully saturated rings. The number of rotatable bonds is 0. The summed E-state index contributed by atoms with van der Waals surface area (Å²) in [6, 6.07) is 0. The second kappa shape index (κ2) is 1.80. The molecule has 0 aromatic carbocycles. The molecule has 9 heavy (non-hydrogen) atoms. The molecule has 1 aliphatic rings. The largest absolute Gasteiger partial charge is 0.308 e. The highest BCUT2D eigenvalue weighted by molar-refractivity contribution is 4.87. The Kier molecular flexibility index (Phi) is 0.989. The van der Waals surface area contributed by atoms with Crippen LogP contribution in [0.1, 0.15) is 5.82 Å². The minimum atomic E-state index is 0.830. The van der Waals surface area contributed by atoms with Crippen molar-refractivity contribution >= 4 is 0 Å². The van der Waals surface area contributed by atoms with Gasteiger partial charge in [0.2, 0.25) is 6.33 Å². The molecule has 47 valence electrons. The lowest BCUT2D eigenvalue weighted by atomic mass is 10.4. The predicted molar refractivity (Wildman–Crippen MR) is 30.6 cm³/mol. The van der Waals surface area contributed by atoms with Gasteiger partial charge in [-0.2, -0.15) is 0 Å². The molecule has 0 saturated heterocycles. The molecule has 2 rings (SSSR count). The van der Waals surface area contributed by atoms with Crippen LogP contribution in [0.25, 0.3) is 0 Å². The number of nitrogens with zero attached hydrogens (tertiary/aromatic N) is 3. The minimum Gasteiger partial charge on any atom is -0.308 e. The molecular formula is C5H7N4. The first kappa shape index (κ1) is 4.93. The van der Waals surface area contributed by atoms with Crippen LogP contribution in [0.5, 0.6) is 0 Å². The smallest absolute Gasteiger partial charge is 0.202 e. The molecule has 4 heteroatoms. The quantitative estimate of drug-likeness (QED) is 0.490. The molecule has 1 aromatic rings. The molecule has 0 saturated carbocycles. The van der Waals surface area contributed by atoms with Crippen molar-refractivity contribution in [2.24, 2.45) is 0 Å². The van der Waals surface area contributed by atoms with E-state index >= 15 is 0 Å². The van der Waals surface area contributed by atoms with Crippen molar-refractivity contribution in [1.29, 1.82) is 0 Å². The zero-order chi connectivity index (χ0) is 6.10. The molecule has 1 aliphatic heterocycles. The lowest BCUT2D eigenvalue weighted by Gasteiger charge is -2.11. The average molecular weight is 123 g/mol. The van der Waals surface area contributed by atoms with Crippen LogP contribution in [0.4, 0.5) is 0 Å². The van der Waals surface area contributed by atoms with Gasteiger partial charge in [0.05, 0.1) is 6.54 Å². The average Bonchev–Trinajstić information content (AvgIpc) is 2.33. The molecule has 0 spiro atoms. The van der Waals surface area contributed by atoms with E-state index in [2.05, 4.69) is 21.8 Å². The van der Waals surface area contributed by atoms with Crippen molar-refractivity contribution in [2.75, 3.05) is 6.54 Å². The summed E-state index contributed by atoms with van der Waals surface area (Å²) in [5, 5.41) is 10.7. The molecule has 1 radical (unpaired) electrons. The van der Waals surface area contributed by atoms with Crippen molar-refractivity contribution in [3.8, 4) is 0 Å². The number of nitrogens with one attached hydrogen (secondary N) is 1. The molecule has 0 aliphatic carbocycles. The van der Waals surface area contributed by atoms with Crippen molar-refractivity contribution < 1.29 is 0 Å². The Bertz CT molecular complexity index is 184. The van der Waals surface area contributed by atoms with E-state index in [1.54, 1.807) is 0 Å². The number of aromatic nitrogens is 3. The van der Waals surface area contributed by atoms with Crippen LogP contribution in [-0.4, -0.2) is 21.3 Å². The lowest BCUT2D eigenvalue weighted by Crippen LogP contribution is -2.27. The first-order valence-corrected chi connectivity index (χ1v) is 2.97. The van der Waals surface area contributed by atoms with Gasteiger partial charge < -0.3 is 9.88 Å². The van der Waals surface area contributed by atoms with Crippen LogP contribution in [0, 0.1) is 6.33 Å². The summed E-state index contributed by atoms with van der Waals surface area (Å²) < 4.78 is 1.94. The monoisotopic (exact) mass is 123 g/mol. The molecule has 4 nitrogen and oxygen atoms in total. The SMILES string of the molecule is [c]1nnc2n1CCNC2. The summed E-state index contributed by atoms with van der Waals surface area (Å²) in [7, 11) is 0. The van der Waals surface area contributed by atoms with Crippen molar-refractivity contribution in [2.45, 2.75) is 13.1 Å². The fourth-order valence-electron chi connectivity index (χ4n) is 0.947. The minimum absolute atomic E-state index is 0.830. The van der Waals surface area contributed by atoms with Gasteiger partial charge in [-0.05, 0) is 0 Å². The maximum Gasteiger partial charge on any atom is 0.202 e. The van der Waals surface area contributed by atoms with Crippen LogP contribution in [0.3, 0.4) is 0 Å². The molecule has 0 unspecified atom stereocenters. The second-order valence-electron chi connectivity index (χ2n) is 2.04. The molecule has 0 amide bonds. The van der Waals surface area contributed by atoms with E-state index in [4.69, 9.17) is 0 Å². The third-order valence-electron chi connectivity index (χ3n) is 1.44. The Hall–Kier alpha value is -0.900. The third-order valence-corrected chi connectivity index (χ3v) is 1.44. The van der Waals surface area contributed by atoms with E-state index < -0.39 is 0 Å². The topological polar surface area (TPSA) is 42.7 Å². The van der Waals surface area contributed by atoms with Crippen LogP contribution in [0.15, 0.2) is 0 Å². The lowest BCUT2D eigenvalue weighted by molar-refractivity contribution is 0.503. The highest BCUT2D eigenvalue weighted by Gasteiger charge is 2.07. The zero-order valence-electron chi connectivity index (χ0n) is 4.96. The Morgan fingerprint density at radius 2 is 2.67 bits per heavy atom. The van der Waals surface area contributed by atoms with E-state index in [0.29, 0.717) is 0 Å². The Morgan fingerprint density at radius 3 is 3.56 bits per heavy atom. The van der Waals surface area contributed by atoms with E-state index in [0.717, 1.165) is 25.5 Å². The van der Waals surface area contributed by atoms with Gasteiger partial charge in [-0.1, -0.05) is 0 Å². The van der Waals surface area contributed by atoms with Crippen molar-refractivity contribution in [1.82, 2.24) is 20.1 Å². The number of hydrogen-bond acceptors (Lipinski definition) is 3. The van der Waals surface area contributed by atoms with Crippen LogP contribution >= 0.6 is 0 Å². The summed E-state index contributed by atoms with van der Waals surface area (Å²) in [6.07, 6.45) is 2.77. The van der Waals surface area contributed by atoms with Gasteiger partial charge in [-0.15, -0.1) is 10.2 Å². The van der Waals surface area contributed by atoms with Crippen molar-refractivity contribution in [3.63, 3.8) is 0 Å². The fraction of sp³-hybridized carbons (Fsp3) is 0.600. The standard InChI is InChI=1S/C5H7N4/c1-2-9-4-7-8-5(9)3-6-1/h6H,1-3H2. The fourth-order valence-corrected chi connectivity index (χ4v) is 0.947. The summed E-state index contributed by atoms with van der Waals surface area (Å²) in [5.41, 5.74) is 0. The second-order valence-corrected chi connectivity index (χ2v) is 2.04. The molecule has 0 bridgehead atoms. The van der Waals surface area contributed by atoms with Gasteiger partial charge in [0, 0.05) is 13.1 Å². The summed E-state index contributed by atoms with van der Waals surface area (Å²) in [6.45, 7) is 2.78. The summed E-state index contributed by atoms with van der Waals surface area (Å²) in [5.74, 6) is 0.987. The molecule has 2 heterocycles. The van der Waals surface area contributed by atoms with Gasteiger partial charge in [0.15, 0.2) is 0 Å². The van der Waals surface area contributed by atoms with Gasteiger partial charge in [-0.3, -0.25) is 0 Å². The van der Waals surface area contributed by atoms with E-state index in [1.807, 2.05) is 4.57 Å². The highest BCUT2D eigenvalue weighted by atomic mass is 15.3. The normalized spacial score (nSPS) is 17.3. The van der Waals surface area contributed by atoms with Crippen molar-refractivity contribution in [3.05, 3.63) is 12.2 Å². The highest BCUT2D eigenvalue weighted by Crippen LogP contribution is 1.96. The predicted octanol–water partition coefficient (Wildman–Crippen LogP) is -0.819. The Morgan fingerprint density at radius 1 is 1.67 bits per heavy atom. The van der Waals surface area contributed by atoms with Gasteiger partial charge in [0.1, 0.15) is 5.82 Å². The first-order chi connectivity index (χ1) is 4.47. The molecule has 0 atom stereocenters. The first-order valence-electron chi connectivity index (χ1n) is 2.97. The summed E-state index contributed by atoms with van der Waals surface area (Å²) >= 11 is 0. The van der Waals surface area contributed by atoms with Gasteiger partial charge >= 0.3 is 0 Å². The molecule has 1 aromatic heterocycles. The summed E-state index contributed by atoms with van der Waals surface area (Å²) in [4.78, 5) is 0. The maximum atomic E-state index is 3.85. The Labute approximate surface area is 52.9 Å². The van der Waals surface area contributed by atoms with E-state index in [1.165, 1.54) is 0 Å². The van der Waals surface area contributed by atoms with Crippen LogP contribution in [0.2, 0.25) is 0 Å². The third kappa shape index (κ3) is 0.712. The van der Waals surface area contributed by atoms with Crippen LogP contribution in [-0.2, 0) is 13.1 Å².